The highest BCUT2D eigenvalue weighted by molar-refractivity contribution is 9.10. The predicted molar refractivity (Wildman–Crippen MR) is 93.4 cm³/mol. The molecule has 0 aromatic heterocycles. The lowest BCUT2D eigenvalue weighted by Gasteiger charge is -2.21. The van der Waals surface area contributed by atoms with Crippen LogP contribution in [0.3, 0.4) is 0 Å². The fourth-order valence-corrected chi connectivity index (χ4v) is 2.83. The minimum absolute atomic E-state index is 0.618. The monoisotopic (exact) mass is 377 g/mol. The van der Waals surface area contributed by atoms with Gasteiger partial charge in [-0.05, 0) is 42.9 Å². The smallest absolute Gasteiger partial charge is 0.161 e. The van der Waals surface area contributed by atoms with Gasteiger partial charge in [0.2, 0.25) is 0 Å². The van der Waals surface area contributed by atoms with Crippen LogP contribution < -0.4 is 14.2 Å². The highest BCUT2D eigenvalue weighted by Gasteiger charge is 2.12. The van der Waals surface area contributed by atoms with Crippen molar-refractivity contribution in [2.75, 3.05) is 33.4 Å². The summed E-state index contributed by atoms with van der Waals surface area (Å²) in [6.07, 6.45) is 0. The molecule has 3 rings (SSSR count). The van der Waals surface area contributed by atoms with Crippen molar-refractivity contribution >= 4 is 15.9 Å². The first-order valence-electron chi connectivity index (χ1n) is 7.66. The van der Waals surface area contributed by atoms with E-state index in [1.807, 2.05) is 30.3 Å². The van der Waals surface area contributed by atoms with Crippen LogP contribution in [-0.2, 0) is 6.54 Å². The molecule has 4 nitrogen and oxygen atoms in total. The van der Waals surface area contributed by atoms with Crippen molar-refractivity contribution < 1.29 is 14.2 Å². The molecule has 122 valence electrons. The topological polar surface area (TPSA) is 30.9 Å². The number of likely N-dealkylation sites (N-methyl/N-ethyl adjacent to an activating group) is 1. The normalized spacial score (nSPS) is 13.2. The standard InChI is InChI=1S/C18H20BrNO3/c1-20(7-8-21-16-4-2-3-15(19)12-16)13-14-5-6-17-18(11-14)23-10-9-22-17/h2-6,11-12H,7-10,13H2,1H3. The number of hydrogen-bond acceptors (Lipinski definition) is 4. The van der Waals surface area contributed by atoms with E-state index in [0.717, 1.165) is 34.8 Å². The highest BCUT2D eigenvalue weighted by atomic mass is 79.9. The number of fused-ring (bicyclic) bond motifs is 1. The molecule has 23 heavy (non-hydrogen) atoms. The molecule has 0 radical (unpaired) electrons. The minimum Gasteiger partial charge on any atom is -0.492 e. The van der Waals surface area contributed by atoms with E-state index in [2.05, 4.69) is 40.0 Å². The maximum Gasteiger partial charge on any atom is 0.161 e. The van der Waals surface area contributed by atoms with Gasteiger partial charge in [-0.3, -0.25) is 4.90 Å². The Hall–Kier alpha value is -1.72. The van der Waals surface area contributed by atoms with E-state index < -0.39 is 0 Å². The van der Waals surface area contributed by atoms with Crippen LogP contribution in [0.1, 0.15) is 5.56 Å². The average molecular weight is 378 g/mol. The second-order valence-electron chi connectivity index (χ2n) is 5.52. The number of ether oxygens (including phenoxy) is 3. The van der Waals surface area contributed by atoms with Crippen molar-refractivity contribution in [2.45, 2.75) is 6.54 Å². The third kappa shape index (κ3) is 4.62. The van der Waals surface area contributed by atoms with E-state index in [9.17, 15) is 0 Å². The molecule has 5 heteroatoms. The molecule has 0 fully saturated rings. The van der Waals surface area contributed by atoms with E-state index >= 15 is 0 Å². The van der Waals surface area contributed by atoms with E-state index in [4.69, 9.17) is 14.2 Å². The van der Waals surface area contributed by atoms with Crippen LogP contribution in [0.5, 0.6) is 17.2 Å². The summed E-state index contributed by atoms with van der Waals surface area (Å²) in [5.41, 5.74) is 1.21. The van der Waals surface area contributed by atoms with E-state index in [1.165, 1.54) is 5.56 Å². The van der Waals surface area contributed by atoms with Crippen molar-refractivity contribution in [1.29, 1.82) is 0 Å². The Balaban J connectivity index is 1.48. The number of hydrogen-bond donors (Lipinski definition) is 0. The molecule has 0 aliphatic carbocycles. The van der Waals surface area contributed by atoms with E-state index in [1.54, 1.807) is 0 Å². The molecular weight excluding hydrogens is 358 g/mol. The molecule has 1 aliphatic heterocycles. The third-order valence-corrected chi connectivity index (χ3v) is 4.09. The summed E-state index contributed by atoms with van der Waals surface area (Å²) in [5, 5.41) is 0. The number of nitrogens with zero attached hydrogens (tertiary/aromatic N) is 1. The Morgan fingerprint density at radius 3 is 2.74 bits per heavy atom. The molecule has 0 unspecified atom stereocenters. The minimum atomic E-state index is 0.618. The summed E-state index contributed by atoms with van der Waals surface area (Å²) in [7, 11) is 2.08. The van der Waals surface area contributed by atoms with Crippen LogP contribution in [-0.4, -0.2) is 38.3 Å². The molecule has 0 amide bonds. The van der Waals surface area contributed by atoms with Crippen molar-refractivity contribution in [3.05, 3.63) is 52.5 Å². The van der Waals surface area contributed by atoms with Gasteiger partial charge < -0.3 is 14.2 Å². The Kier molecular flexibility index (Phi) is 5.41. The van der Waals surface area contributed by atoms with Gasteiger partial charge in [0.15, 0.2) is 11.5 Å². The second-order valence-corrected chi connectivity index (χ2v) is 6.44. The lowest BCUT2D eigenvalue weighted by molar-refractivity contribution is 0.171. The number of benzene rings is 2. The summed E-state index contributed by atoms with van der Waals surface area (Å²) in [5.74, 6) is 2.56. The molecule has 2 aromatic rings. The first-order chi connectivity index (χ1) is 11.2. The molecule has 0 saturated heterocycles. The average Bonchev–Trinajstić information content (AvgIpc) is 2.55. The van der Waals surface area contributed by atoms with Crippen LogP contribution in [0.2, 0.25) is 0 Å². The maximum atomic E-state index is 5.77. The van der Waals surface area contributed by atoms with Crippen LogP contribution in [0.4, 0.5) is 0 Å². The van der Waals surface area contributed by atoms with Gasteiger partial charge in [-0.25, -0.2) is 0 Å². The lowest BCUT2D eigenvalue weighted by Crippen LogP contribution is -2.24. The lowest BCUT2D eigenvalue weighted by atomic mass is 10.2. The first kappa shape index (κ1) is 16.1. The summed E-state index contributed by atoms with van der Waals surface area (Å²) in [6.45, 7) is 3.59. The van der Waals surface area contributed by atoms with Gasteiger partial charge in [-0.15, -0.1) is 0 Å². The van der Waals surface area contributed by atoms with Crippen molar-refractivity contribution in [1.82, 2.24) is 4.90 Å². The van der Waals surface area contributed by atoms with Gasteiger partial charge in [-0.2, -0.15) is 0 Å². The third-order valence-electron chi connectivity index (χ3n) is 3.60. The molecule has 0 atom stereocenters. The van der Waals surface area contributed by atoms with Gasteiger partial charge in [-0.1, -0.05) is 28.1 Å². The Morgan fingerprint density at radius 2 is 1.91 bits per heavy atom. The molecule has 0 N–H and O–H groups in total. The van der Waals surface area contributed by atoms with Crippen molar-refractivity contribution in [2.24, 2.45) is 0 Å². The zero-order valence-corrected chi connectivity index (χ0v) is 14.7. The molecule has 2 aromatic carbocycles. The Bertz CT molecular complexity index is 662. The van der Waals surface area contributed by atoms with Crippen LogP contribution >= 0.6 is 15.9 Å². The SMILES string of the molecule is CN(CCOc1cccc(Br)c1)Cc1ccc2c(c1)OCCO2. The van der Waals surface area contributed by atoms with E-state index in [-0.39, 0.29) is 0 Å². The van der Waals surface area contributed by atoms with Crippen LogP contribution in [0.25, 0.3) is 0 Å². The summed E-state index contributed by atoms with van der Waals surface area (Å²) in [6, 6.07) is 14.0. The largest absolute Gasteiger partial charge is 0.492 e. The highest BCUT2D eigenvalue weighted by Crippen LogP contribution is 2.31. The number of rotatable bonds is 6. The van der Waals surface area contributed by atoms with Gasteiger partial charge in [0.05, 0.1) is 0 Å². The van der Waals surface area contributed by atoms with Gasteiger partial charge in [0.25, 0.3) is 0 Å². The zero-order valence-electron chi connectivity index (χ0n) is 13.1. The first-order valence-corrected chi connectivity index (χ1v) is 8.45. The molecule has 0 bridgehead atoms. The van der Waals surface area contributed by atoms with Crippen LogP contribution in [0, 0.1) is 0 Å². The van der Waals surface area contributed by atoms with E-state index in [0.29, 0.717) is 19.8 Å². The summed E-state index contributed by atoms with van der Waals surface area (Å²) >= 11 is 3.44. The zero-order chi connectivity index (χ0) is 16.1. The fourth-order valence-electron chi connectivity index (χ4n) is 2.45. The molecule has 0 saturated carbocycles. The van der Waals surface area contributed by atoms with Crippen LogP contribution in [0.15, 0.2) is 46.9 Å². The maximum absolute atomic E-state index is 5.77. The molecular formula is C18H20BrNO3. The number of halogens is 1. The van der Waals surface area contributed by atoms with Crippen molar-refractivity contribution in [3.8, 4) is 17.2 Å². The second kappa shape index (κ2) is 7.70. The quantitative estimate of drug-likeness (QED) is 0.767. The predicted octanol–water partition coefficient (Wildman–Crippen LogP) is 3.73. The molecule has 1 heterocycles. The Labute approximate surface area is 145 Å². The summed E-state index contributed by atoms with van der Waals surface area (Å²) in [4.78, 5) is 2.23. The van der Waals surface area contributed by atoms with Gasteiger partial charge in [0.1, 0.15) is 25.6 Å². The van der Waals surface area contributed by atoms with Gasteiger partial charge >= 0.3 is 0 Å². The van der Waals surface area contributed by atoms with Gasteiger partial charge in [0, 0.05) is 17.6 Å². The van der Waals surface area contributed by atoms with Crippen molar-refractivity contribution in [3.63, 3.8) is 0 Å². The molecule has 1 aliphatic rings. The molecule has 0 spiro atoms. The summed E-state index contributed by atoms with van der Waals surface area (Å²) < 4.78 is 18.0. The Morgan fingerprint density at radius 1 is 1.09 bits per heavy atom. The fraction of sp³-hybridized carbons (Fsp3) is 0.333.